The van der Waals surface area contributed by atoms with Crippen molar-refractivity contribution in [2.45, 2.75) is 19.4 Å². The van der Waals surface area contributed by atoms with E-state index in [-0.39, 0.29) is 17.6 Å². The van der Waals surface area contributed by atoms with E-state index in [4.69, 9.17) is 9.36 Å². The number of amides is 1. The third-order valence-electron chi connectivity index (χ3n) is 4.69. The van der Waals surface area contributed by atoms with Crippen LogP contribution < -0.4 is 5.32 Å². The van der Waals surface area contributed by atoms with Gasteiger partial charge in [-0.3, -0.25) is 4.79 Å². The minimum absolute atomic E-state index is 0.256. The Hall–Kier alpha value is -3.55. The SMILES string of the molecule is CC1C(c2ccc(F)cc2)=NOC1C(=O)NCCc1nc(-c2ccccc2)no1. The molecule has 2 heterocycles. The fourth-order valence-electron chi connectivity index (χ4n) is 3.10. The van der Waals surface area contributed by atoms with Crippen LogP contribution in [0.3, 0.4) is 0 Å². The van der Waals surface area contributed by atoms with Crippen LogP contribution in [-0.2, 0) is 16.1 Å². The summed E-state index contributed by atoms with van der Waals surface area (Å²) in [5.74, 6) is 0.0891. The summed E-state index contributed by atoms with van der Waals surface area (Å²) in [5, 5.41) is 10.8. The molecule has 7 nitrogen and oxygen atoms in total. The molecule has 1 aliphatic heterocycles. The lowest BCUT2D eigenvalue weighted by atomic mass is 9.94. The minimum atomic E-state index is -0.738. The Labute approximate surface area is 166 Å². The third-order valence-corrected chi connectivity index (χ3v) is 4.69. The molecule has 2 aromatic carbocycles. The molecule has 0 saturated carbocycles. The second-order valence-corrected chi connectivity index (χ2v) is 6.72. The fraction of sp³-hybridized carbons (Fsp3) is 0.238. The number of rotatable bonds is 6. The van der Waals surface area contributed by atoms with Gasteiger partial charge in [-0.1, -0.05) is 59.7 Å². The van der Waals surface area contributed by atoms with Crippen molar-refractivity contribution in [2.24, 2.45) is 11.1 Å². The van der Waals surface area contributed by atoms with Gasteiger partial charge in [0.2, 0.25) is 17.8 Å². The summed E-state index contributed by atoms with van der Waals surface area (Å²) in [5.41, 5.74) is 2.22. The topological polar surface area (TPSA) is 89.6 Å². The molecule has 0 bridgehead atoms. The molecular weight excluding hydrogens is 375 g/mol. The van der Waals surface area contributed by atoms with E-state index < -0.39 is 6.10 Å². The second-order valence-electron chi connectivity index (χ2n) is 6.72. The van der Waals surface area contributed by atoms with Crippen LogP contribution >= 0.6 is 0 Å². The number of oxime groups is 1. The highest BCUT2D eigenvalue weighted by atomic mass is 19.1. The monoisotopic (exact) mass is 394 g/mol. The maximum absolute atomic E-state index is 13.1. The van der Waals surface area contributed by atoms with Crippen LogP contribution in [0.1, 0.15) is 18.4 Å². The maximum Gasteiger partial charge on any atom is 0.264 e. The van der Waals surface area contributed by atoms with Crippen LogP contribution in [0.2, 0.25) is 0 Å². The van der Waals surface area contributed by atoms with E-state index in [1.165, 1.54) is 12.1 Å². The quantitative estimate of drug-likeness (QED) is 0.694. The molecule has 29 heavy (non-hydrogen) atoms. The van der Waals surface area contributed by atoms with Crippen LogP contribution in [-0.4, -0.2) is 34.4 Å². The fourth-order valence-corrected chi connectivity index (χ4v) is 3.10. The number of hydrogen-bond donors (Lipinski definition) is 1. The third kappa shape index (κ3) is 4.16. The zero-order valence-corrected chi connectivity index (χ0v) is 15.7. The van der Waals surface area contributed by atoms with Crippen molar-refractivity contribution in [3.8, 4) is 11.4 Å². The number of aromatic nitrogens is 2. The smallest absolute Gasteiger partial charge is 0.264 e. The molecule has 3 aromatic rings. The van der Waals surface area contributed by atoms with Crippen molar-refractivity contribution >= 4 is 11.6 Å². The molecule has 1 N–H and O–H groups in total. The van der Waals surface area contributed by atoms with Crippen molar-refractivity contribution in [1.82, 2.24) is 15.5 Å². The number of carbonyl (C=O) groups is 1. The summed E-state index contributed by atoms with van der Waals surface area (Å²) in [4.78, 5) is 22.1. The lowest BCUT2D eigenvalue weighted by molar-refractivity contribution is -0.132. The predicted molar refractivity (Wildman–Crippen MR) is 103 cm³/mol. The number of hydrogen-bond acceptors (Lipinski definition) is 6. The van der Waals surface area contributed by atoms with Gasteiger partial charge in [0.05, 0.1) is 11.6 Å². The first-order valence-corrected chi connectivity index (χ1v) is 9.27. The zero-order valence-electron chi connectivity index (χ0n) is 15.7. The Balaban J connectivity index is 1.29. The summed E-state index contributed by atoms with van der Waals surface area (Å²) >= 11 is 0. The number of nitrogens with one attached hydrogen (secondary N) is 1. The normalized spacial score (nSPS) is 18.2. The molecule has 148 valence electrons. The van der Waals surface area contributed by atoms with Gasteiger partial charge in [0, 0.05) is 18.5 Å². The van der Waals surface area contributed by atoms with Crippen LogP contribution in [0, 0.1) is 11.7 Å². The van der Waals surface area contributed by atoms with Gasteiger partial charge < -0.3 is 14.7 Å². The molecule has 4 rings (SSSR count). The summed E-state index contributed by atoms with van der Waals surface area (Å²) in [6.45, 7) is 2.18. The van der Waals surface area contributed by atoms with E-state index in [0.29, 0.717) is 30.4 Å². The average molecular weight is 394 g/mol. The minimum Gasteiger partial charge on any atom is -0.381 e. The predicted octanol–water partition coefficient (Wildman–Crippen LogP) is 2.97. The molecule has 0 aliphatic carbocycles. The molecule has 0 radical (unpaired) electrons. The first-order valence-electron chi connectivity index (χ1n) is 9.27. The largest absolute Gasteiger partial charge is 0.381 e. The second kappa shape index (κ2) is 8.22. The highest BCUT2D eigenvalue weighted by Crippen LogP contribution is 2.23. The standard InChI is InChI=1S/C21H19FN4O3/c1-13-18(14-7-9-16(22)10-8-14)25-29-19(13)21(27)23-12-11-17-24-20(26-28-17)15-5-3-2-4-6-15/h2-10,13,19H,11-12H2,1H3,(H,23,27). The van der Waals surface area contributed by atoms with Gasteiger partial charge in [0.15, 0.2) is 0 Å². The van der Waals surface area contributed by atoms with Crippen molar-refractivity contribution < 1.29 is 18.5 Å². The summed E-state index contributed by atoms with van der Waals surface area (Å²) in [6.07, 6.45) is -0.337. The highest BCUT2D eigenvalue weighted by molar-refractivity contribution is 6.05. The van der Waals surface area contributed by atoms with Crippen LogP contribution in [0.4, 0.5) is 4.39 Å². The van der Waals surface area contributed by atoms with Gasteiger partial charge in [-0.15, -0.1) is 0 Å². The molecule has 0 saturated heterocycles. The first kappa shape index (κ1) is 18.8. The Morgan fingerprint density at radius 2 is 1.86 bits per heavy atom. The van der Waals surface area contributed by atoms with Gasteiger partial charge in [0.1, 0.15) is 5.82 Å². The first-order chi connectivity index (χ1) is 14.1. The average Bonchev–Trinajstić information content (AvgIpc) is 3.36. The number of carbonyl (C=O) groups excluding carboxylic acids is 1. The molecule has 8 heteroatoms. The van der Waals surface area contributed by atoms with E-state index in [0.717, 1.165) is 11.1 Å². The molecule has 1 amide bonds. The molecule has 2 atom stereocenters. The molecule has 1 aromatic heterocycles. The number of benzene rings is 2. The van der Waals surface area contributed by atoms with Crippen LogP contribution in [0.25, 0.3) is 11.4 Å². The number of halogens is 1. The van der Waals surface area contributed by atoms with Gasteiger partial charge in [-0.25, -0.2) is 4.39 Å². The Bertz CT molecular complexity index is 1020. The summed E-state index contributed by atoms with van der Waals surface area (Å²) in [7, 11) is 0. The molecule has 2 unspecified atom stereocenters. The van der Waals surface area contributed by atoms with Gasteiger partial charge >= 0.3 is 0 Å². The van der Waals surface area contributed by atoms with Crippen molar-refractivity contribution in [3.05, 3.63) is 71.9 Å². The lowest BCUT2D eigenvalue weighted by Gasteiger charge is -2.14. The summed E-state index contributed by atoms with van der Waals surface area (Å²) in [6, 6.07) is 15.5. The Kier molecular flexibility index (Phi) is 5.33. The zero-order chi connectivity index (χ0) is 20.2. The van der Waals surface area contributed by atoms with Crippen molar-refractivity contribution in [1.29, 1.82) is 0 Å². The maximum atomic E-state index is 13.1. The van der Waals surface area contributed by atoms with Gasteiger partial charge in [-0.2, -0.15) is 4.98 Å². The number of nitrogens with zero attached hydrogens (tertiary/aromatic N) is 3. The molecule has 0 spiro atoms. The van der Waals surface area contributed by atoms with E-state index in [2.05, 4.69) is 20.6 Å². The molecular formula is C21H19FN4O3. The highest BCUT2D eigenvalue weighted by Gasteiger charge is 2.36. The van der Waals surface area contributed by atoms with E-state index >= 15 is 0 Å². The van der Waals surface area contributed by atoms with Gasteiger partial charge in [0.25, 0.3) is 5.91 Å². The van der Waals surface area contributed by atoms with Crippen molar-refractivity contribution in [3.63, 3.8) is 0 Å². The molecule has 0 fully saturated rings. The Morgan fingerprint density at radius 3 is 2.62 bits per heavy atom. The van der Waals surface area contributed by atoms with E-state index in [1.54, 1.807) is 12.1 Å². The van der Waals surface area contributed by atoms with Gasteiger partial charge in [-0.05, 0) is 17.7 Å². The summed E-state index contributed by atoms with van der Waals surface area (Å²) < 4.78 is 18.3. The van der Waals surface area contributed by atoms with Crippen LogP contribution in [0.15, 0.2) is 64.3 Å². The van der Waals surface area contributed by atoms with Crippen LogP contribution in [0.5, 0.6) is 0 Å². The van der Waals surface area contributed by atoms with E-state index in [1.807, 2.05) is 37.3 Å². The Morgan fingerprint density at radius 1 is 1.10 bits per heavy atom. The molecule has 1 aliphatic rings. The lowest BCUT2D eigenvalue weighted by Crippen LogP contribution is -2.40. The van der Waals surface area contributed by atoms with Crippen molar-refractivity contribution in [2.75, 3.05) is 6.54 Å². The van der Waals surface area contributed by atoms with E-state index in [9.17, 15) is 9.18 Å².